The van der Waals surface area contributed by atoms with Crippen LogP contribution in [0.4, 0.5) is 0 Å². The normalized spacial score (nSPS) is 10.2. The van der Waals surface area contributed by atoms with Gasteiger partial charge in [-0.3, -0.25) is 0 Å². The average molecular weight is 274 g/mol. The van der Waals surface area contributed by atoms with Gasteiger partial charge in [0.1, 0.15) is 5.75 Å². The molecule has 2 rings (SSSR count). The van der Waals surface area contributed by atoms with Crippen LogP contribution in [0.2, 0.25) is 0 Å². The zero-order valence-electron chi connectivity index (χ0n) is 10.7. The lowest BCUT2D eigenvalue weighted by molar-refractivity contribution is 0.0697. The number of ether oxygens (including phenoxy) is 1. The molecule has 2 aromatic rings. The van der Waals surface area contributed by atoms with Crippen LogP contribution in [0.1, 0.15) is 10.4 Å². The summed E-state index contributed by atoms with van der Waals surface area (Å²) < 4.78 is 5.07. The van der Waals surface area contributed by atoms with Crippen LogP contribution >= 0.6 is 11.8 Å². The first-order valence-electron chi connectivity index (χ1n) is 5.71. The van der Waals surface area contributed by atoms with Crippen molar-refractivity contribution in [1.82, 2.24) is 0 Å². The highest BCUT2D eigenvalue weighted by molar-refractivity contribution is 7.98. The predicted molar refractivity (Wildman–Crippen MR) is 77.2 cm³/mol. The molecule has 0 spiro atoms. The maximum atomic E-state index is 11.4. The Bertz CT molecular complexity index is 608. The Morgan fingerprint density at radius 1 is 1.21 bits per heavy atom. The number of aromatic carboxylic acids is 1. The second-order valence-corrected chi connectivity index (χ2v) is 4.83. The molecule has 2 aromatic carbocycles. The molecule has 0 radical (unpaired) electrons. The molecule has 0 bridgehead atoms. The summed E-state index contributed by atoms with van der Waals surface area (Å²) in [5, 5.41) is 9.31. The third-order valence-electron chi connectivity index (χ3n) is 2.84. The van der Waals surface area contributed by atoms with Crippen LogP contribution in [-0.4, -0.2) is 24.4 Å². The Kier molecular flexibility index (Phi) is 4.12. The minimum Gasteiger partial charge on any atom is -0.497 e. The van der Waals surface area contributed by atoms with E-state index in [2.05, 4.69) is 0 Å². The van der Waals surface area contributed by atoms with Gasteiger partial charge in [-0.25, -0.2) is 4.79 Å². The fraction of sp³-hybridized carbons (Fsp3) is 0.133. The van der Waals surface area contributed by atoms with Crippen molar-refractivity contribution in [3.05, 3.63) is 48.0 Å². The number of hydrogen-bond acceptors (Lipinski definition) is 3. The van der Waals surface area contributed by atoms with E-state index >= 15 is 0 Å². The van der Waals surface area contributed by atoms with Crippen LogP contribution < -0.4 is 4.74 Å². The van der Waals surface area contributed by atoms with Crippen LogP contribution in [0.5, 0.6) is 5.75 Å². The summed E-state index contributed by atoms with van der Waals surface area (Å²) in [4.78, 5) is 12.5. The molecule has 0 unspecified atom stereocenters. The lowest BCUT2D eigenvalue weighted by atomic mass is 9.99. The van der Waals surface area contributed by atoms with Crippen molar-refractivity contribution in [1.29, 1.82) is 0 Å². The monoisotopic (exact) mass is 274 g/mol. The van der Waals surface area contributed by atoms with Gasteiger partial charge in [-0.15, -0.1) is 11.8 Å². The SMILES string of the molecule is COc1ccc(-c2cccc(SC)c2)c(C(=O)O)c1. The van der Waals surface area contributed by atoms with Crippen molar-refractivity contribution in [2.24, 2.45) is 0 Å². The summed E-state index contributed by atoms with van der Waals surface area (Å²) in [5.74, 6) is -0.411. The van der Waals surface area contributed by atoms with Crippen molar-refractivity contribution in [3.63, 3.8) is 0 Å². The smallest absolute Gasteiger partial charge is 0.336 e. The van der Waals surface area contributed by atoms with Gasteiger partial charge < -0.3 is 9.84 Å². The van der Waals surface area contributed by atoms with E-state index in [1.807, 2.05) is 30.5 Å². The highest BCUT2D eigenvalue weighted by atomic mass is 32.2. The third kappa shape index (κ3) is 2.90. The van der Waals surface area contributed by atoms with Crippen molar-refractivity contribution < 1.29 is 14.6 Å². The summed E-state index contributed by atoms with van der Waals surface area (Å²) in [6.07, 6.45) is 1.99. The number of methoxy groups -OCH3 is 1. The Morgan fingerprint density at radius 3 is 2.63 bits per heavy atom. The van der Waals surface area contributed by atoms with E-state index in [4.69, 9.17) is 4.74 Å². The zero-order valence-corrected chi connectivity index (χ0v) is 11.5. The zero-order chi connectivity index (χ0) is 13.8. The summed E-state index contributed by atoms with van der Waals surface area (Å²) in [6, 6.07) is 12.9. The highest BCUT2D eigenvalue weighted by Crippen LogP contribution is 2.29. The molecule has 0 aliphatic carbocycles. The third-order valence-corrected chi connectivity index (χ3v) is 3.56. The molecule has 3 nitrogen and oxygen atoms in total. The van der Waals surface area contributed by atoms with Gasteiger partial charge in [-0.1, -0.05) is 12.1 Å². The second kappa shape index (κ2) is 5.80. The Balaban J connectivity index is 2.57. The summed E-state index contributed by atoms with van der Waals surface area (Å²) in [5.41, 5.74) is 1.84. The number of thioether (sulfide) groups is 1. The molecule has 0 heterocycles. The first-order valence-corrected chi connectivity index (χ1v) is 6.94. The van der Waals surface area contributed by atoms with Gasteiger partial charge in [0.2, 0.25) is 0 Å². The quantitative estimate of drug-likeness (QED) is 0.862. The maximum Gasteiger partial charge on any atom is 0.336 e. The molecule has 4 heteroatoms. The standard InChI is InChI=1S/C15H14O3S/c1-18-11-6-7-13(14(9-11)15(16)17)10-4-3-5-12(8-10)19-2/h3-9H,1-2H3,(H,16,17). The molecule has 0 saturated carbocycles. The first-order chi connectivity index (χ1) is 9.15. The maximum absolute atomic E-state index is 11.4. The first kappa shape index (κ1) is 13.5. The molecule has 0 aromatic heterocycles. The van der Waals surface area contributed by atoms with E-state index < -0.39 is 5.97 Å². The number of benzene rings is 2. The minimum absolute atomic E-state index is 0.248. The van der Waals surface area contributed by atoms with Crippen LogP contribution in [0.15, 0.2) is 47.4 Å². The molecule has 0 aliphatic rings. The topological polar surface area (TPSA) is 46.5 Å². The fourth-order valence-electron chi connectivity index (χ4n) is 1.87. The molecule has 98 valence electrons. The van der Waals surface area contributed by atoms with Crippen LogP contribution in [0.3, 0.4) is 0 Å². The molecule has 0 saturated heterocycles. The van der Waals surface area contributed by atoms with E-state index in [0.29, 0.717) is 11.3 Å². The molecule has 0 amide bonds. The number of hydrogen-bond donors (Lipinski definition) is 1. The van der Waals surface area contributed by atoms with Gasteiger partial charge in [0.05, 0.1) is 12.7 Å². The van der Waals surface area contributed by atoms with Crippen molar-refractivity contribution in [2.75, 3.05) is 13.4 Å². The number of carbonyl (C=O) groups is 1. The van der Waals surface area contributed by atoms with Crippen molar-refractivity contribution in [3.8, 4) is 16.9 Å². The molecular formula is C15H14O3S. The summed E-state index contributed by atoms with van der Waals surface area (Å²) in [7, 11) is 1.52. The Hall–Kier alpha value is -1.94. The van der Waals surface area contributed by atoms with Crippen LogP contribution in [0, 0.1) is 0 Å². The lowest BCUT2D eigenvalue weighted by Gasteiger charge is -2.09. The Labute approximate surface area is 116 Å². The number of rotatable bonds is 4. The number of carboxylic acids is 1. The van der Waals surface area contributed by atoms with Crippen molar-refractivity contribution in [2.45, 2.75) is 4.90 Å². The molecule has 0 atom stereocenters. The van der Waals surface area contributed by atoms with Gasteiger partial charge in [0, 0.05) is 4.90 Å². The molecule has 1 N–H and O–H groups in total. The predicted octanol–water partition coefficient (Wildman–Crippen LogP) is 3.78. The molecule has 19 heavy (non-hydrogen) atoms. The van der Waals surface area contributed by atoms with E-state index in [1.165, 1.54) is 7.11 Å². The van der Waals surface area contributed by atoms with Crippen LogP contribution in [0.25, 0.3) is 11.1 Å². The molecular weight excluding hydrogens is 260 g/mol. The van der Waals surface area contributed by atoms with Gasteiger partial charge in [0.15, 0.2) is 0 Å². The second-order valence-electron chi connectivity index (χ2n) is 3.95. The Morgan fingerprint density at radius 2 is 2.00 bits per heavy atom. The van der Waals surface area contributed by atoms with Gasteiger partial charge in [0.25, 0.3) is 0 Å². The molecule has 0 fully saturated rings. The van der Waals surface area contributed by atoms with E-state index in [0.717, 1.165) is 10.5 Å². The van der Waals surface area contributed by atoms with Gasteiger partial charge >= 0.3 is 5.97 Å². The fourth-order valence-corrected chi connectivity index (χ4v) is 2.33. The van der Waals surface area contributed by atoms with E-state index in [-0.39, 0.29) is 5.56 Å². The lowest BCUT2D eigenvalue weighted by Crippen LogP contribution is -2.00. The average Bonchev–Trinajstić information content (AvgIpc) is 2.46. The van der Waals surface area contributed by atoms with E-state index in [9.17, 15) is 9.90 Å². The molecule has 0 aliphatic heterocycles. The number of carboxylic acid groups (broad SMARTS) is 1. The highest BCUT2D eigenvalue weighted by Gasteiger charge is 2.13. The van der Waals surface area contributed by atoms with Gasteiger partial charge in [-0.2, -0.15) is 0 Å². The van der Waals surface area contributed by atoms with E-state index in [1.54, 1.807) is 30.0 Å². The summed E-state index contributed by atoms with van der Waals surface area (Å²) in [6.45, 7) is 0. The largest absolute Gasteiger partial charge is 0.497 e. The van der Waals surface area contributed by atoms with Crippen molar-refractivity contribution >= 4 is 17.7 Å². The minimum atomic E-state index is -0.955. The van der Waals surface area contributed by atoms with Gasteiger partial charge in [-0.05, 0) is 47.7 Å². The van der Waals surface area contributed by atoms with Crippen LogP contribution in [-0.2, 0) is 0 Å². The summed E-state index contributed by atoms with van der Waals surface area (Å²) >= 11 is 1.63.